The number of ether oxygens (including phenoxy) is 1. The van der Waals surface area contributed by atoms with E-state index >= 15 is 0 Å². The maximum absolute atomic E-state index is 11.2. The molecule has 13 heavy (non-hydrogen) atoms. The number of hydrogen-bond acceptors (Lipinski definition) is 2. The monoisotopic (exact) mass is 179 g/mol. The zero-order valence-electron chi connectivity index (χ0n) is 7.53. The van der Waals surface area contributed by atoms with Gasteiger partial charge < -0.3 is 9.64 Å². The van der Waals surface area contributed by atoms with Crippen molar-refractivity contribution >= 4 is 5.91 Å². The zero-order valence-corrected chi connectivity index (χ0v) is 7.53. The first-order valence-corrected chi connectivity index (χ1v) is 4.68. The van der Waals surface area contributed by atoms with Crippen molar-refractivity contribution in [1.82, 2.24) is 4.90 Å². The van der Waals surface area contributed by atoms with Crippen LogP contribution in [0.1, 0.15) is 12.8 Å². The van der Waals surface area contributed by atoms with Crippen LogP contribution >= 0.6 is 0 Å². The SMILES string of the molecule is C#CC(=O)N1CCOC(C2CC2)C1. The predicted molar refractivity (Wildman–Crippen MR) is 47.9 cm³/mol. The van der Waals surface area contributed by atoms with Crippen molar-refractivity contribution in [2.24, 2.45) is 5.92 Å². The highest BCUT2D eigenvalue weighted by molar-refractivity contribution is 5.92. The van der Waals surface area contributed by atoms with Crippen molar-refractivity contribution in [3.05, 3.63) is 0 Å². The Morgan fingerprint density at radius 1 is 1.54 bits per heavy atom. The lowest BCUT2D eigenvalue weighted by Crippen LogP contribution is -2.45. The van der Waals surface area contributed by atoms with Crippen LogP contribution in [0.4, 0.5) is 0 Å². The van der Waals surface area contributed by atoms with Crippen LogP contribution in [0, 0.1) is 18.3 Å². The molecule has 2 rings (SSSR count). The van der Waals surface area contributed by atoms with Gasteiger partial charge in [0.2, 0.25) is 0 Å². The minimum Gasteiger partial charge on any atom is -0.374 e. The smallest absolute Gasteiger partial charge is 0.298 e. The van der Waals surface area contributed by atoms with Gasteiger partial charge in [-0.05, 0) is 24.7 Å². The average Bonchev–Trinajstić information content (AvgIpc) is 3.00. The molecule has 1 amide bonds. The van der Waals surface area contributed by atoms with Crippen molar-refractivity contribution in [3.8, 4) is 12.3 Å². The molecule has 1 aliphatic heterocycles. The molecule has 2 fully saturated rings. The van der Waals surface area contributed by atoms with Crippen LogP contribution in [-0.4, -0.2) is 36.6 Å². The van der Waals surface area contributed by atoms with Gasteiger partial charge in [-0.3, -0.25) is 4.79 Å². The van der Waals surface area contributed by atoms with E-state index in [-0.39, 0.29) is 12.0 Å². The van der Waals surface area contributed by atoms with E-state index < -0.39 is 0 Å². The Bertz CT molecular complexity index is 252. The van der Waals surface area contributed by atoms with E-state index in [0.29, 0.717) is 25.6 Å². The molecule has 1 saturated carbocycles. The molecule has 3 heteroatoms. The van der Waals surface area contributed by atoms with Gasteiger partial charge in [-0.1, -0.05) is 0 Å². The fraction of sp³-hybridized carbons (Fsp3) is 0.700. The molecular formula is C10H13NO2. The Morgan fingerprint density at radius 2 is 2.31 bits per heavy atom. The molecule has 1 aliphatic carbocycles. The summed E-state index contributed by atoms with van der Waals surface area (Å²) in [7, 11) is 0. The Balaban J connectivity index is 1.91. The molecule has 0 aromatic heterocycles. The first kappa shape index (κ1) is 8.58. The van der Waals surface area contributed by atoms with E-state index in [9.17, 15) is 4.79 Å². The molecule has 1 heterocycles. The van der Waals surface area contributed by atoms with Gasteiger partial charge in [-0.25, -0.2) is 0 Å². The number of terminal acetylenes is 1. The van der Waals surface area contributed by atoms with Gasteiger partial charge in [-0.15, -0.1) is 6.42 Å². The fourth-order valence-corrected chi connectivity index (χ4v) is 1.70. The van der Waals surface area contributed by atoms with Gasteiger partial charge >= 0.3 is 0 Å². The third-order valence-corrected chi connectivity index (χ3v) is 2.65. The molecule has 0 aromatic carbocycles. The molecule has 1 atom stereocenters. The van der Waals surface area contributed by atoms with Crippen LogP contribution in [0.15, 0.2) is 0 Å². The molecule has 1 unspecified atom stereocenters. The molecule has 0 aromatic rings. The predicted octanol–water partition coefficient (Wildman–Crippen LogP) is 0.257. The molecule has 0 spiro atoms. The summed E-state index contributed by atoms with van der Waals surface area (Å²) in [4.78, 5) is 12.9. The van der Waals surface area contributed by atoms with Crippen molar-refractivity contribution in [3.63, 3.8) is 0 Å². The highest BCUT2D eigenvalue weighted by Crippen LogP contribution is 2.35. The first-order chi connectivity index (χ1) is 6.31. The summed E-state index contributed by atoms with van der Waals surface area (Å²) in [5.41, 5.74) is 0. The highest BCUT2D eigenvalue weighted by atomic mass is 16.5. The van der Waals surface area contributed by atoms with Crippen LogP contribution in [-0.2, 0) is 9.53 Å². The van der Waals surface area contributed by atoms with E-state index in [1.165, 1.54) is 12.8 Å². The fourth-order valence-electron chi connectivity index (χ4n) is 1.70. The Hall–Kier alpha value is -1.01. The Labute approximate surface area is 78.0 Å². The van der Waals surface area contributed by atoms with E-state index in [1.54, 1.807) is 4.90 Å². The first-order valence-electron chi connectivity index (χ1n) is 4.68. The normalized spacial score (nSPS) is 28.2. The van der Waals surface area contributed by atoms with Crippen LogP contribution in [0.3, 0.4) is 0 Å². The van der Waals surface area contributed by atoms with Gasteiger partial charge in [0.05, 0.1) is 12.7 Å². The van der Waals surface area contributed by atoms with Gasteiger partial charge in [0, 0.05) is 13.1 Å². The lowest BCUT2D eigenvalue weighted by atomic mass is 10.2. The minimum absolute atomic E-state index is 0.200. The van der Waals surface area contributed by atoms with E-state index in [0.717, 1.165) is 0 Å². The molecule has 0 bridgehead atoms. The topological polar surface area (TPSA) is 29.5 Å². The van der Waals surface area contributed by atoms with Crippen LogP contribution in [0.25, 0.3) is 0 Å². The minimum atomic E-state index is -0.200. The van der Waals surface area contributed by atoms with Crippen molar-refractivity contribution < 1.29 is 9.53 Å². The van der Waals surface area contributed by atoms with Gasteiger partial charge in [-0.2, -0.15) is 0 Å². The van der Waals surface area contributed by atoms with Gasteiger partial charge in [0.15, 0.2) is 0 Å². The molecule has 0 N–H and O–H groups in total. The quantitative estimate of drug-likeness (QED) is 0.540. The maximum Gasteiger partial charge on any atom is 0.298 e. The third-order valence-electron chi connectivity index (χ3n) is 2.65. The number of nitrogens with zero attached hydrogens (tertiary/aromatic N) is 1. The molecule has 70 valence electrons. The van der Waals surface area contributed by atoms with Crippen LogP contribution < -0.4 is 0 Å². The van der Waals surface area contributed by atoms with Gasteiger partial charge in [0.25, 0.3) is 5.91 Å². The number of carbonyl (C=O) groups excluding carboxylic acids is 1. The van der Waals surface area contributed by atoms with Crippen molar-refractivity contribution in [2.45, 2.75) is 18.9 Å². The standard InChI is InChI=1S/C10H13NO2/c1-2-10(12)11-5-6-13-9(7-11)8-3-4-8/h1,8-9H,3-7H2. The number of hydrogen-bond donors (Lipinski definition) is 0. The molecule has 3 nitrogen and oxygen atoms in total. The Morgan fingerprint density at radius 3 is 2.92 bits per heavy atom. The largest absolute Gasteiger partial charge is 0.374 e. The molecule has 1 saturated heterocycles. The summed E-state index contributed by atoms with van der Waals surface area (Å²) in [5, 5.41) is 0. The number of amides is 1. The number of rotatable bonds is 1. The second kappa shape index (κ2) is 3.39. The van der Waals surface area contributed by atoms with E-state index in [4.69, 9.17) is 11.2 Å². The highest BCUT2D eigenvalue weighted by Gasteiger charge is 2.36. The molecule has 2 aliphatic rings. The Kier molecular flexibility index (Phi) is 2.24. The summed E-state index contributed by atoms with van der Waals surface area (Å²) >= 11 is 0. The number of carbonyl (C=O) groups is 1. The summed E-state index contributed by atoms with van der Waals surface area (Å²) in [6.45, 7) is 1.97. The second-order valence-corrected chi connectivity index (χ2v) is 3.64. The van der Waals surface area contributed by atoms with Crippen molar-refractivity contribution in [1.29, 1.82) is 0 Å². The second-order valence-electron chi connectivity index (χ2n) is 3.64. The molecular weight excluding hydrogens is 166 g/mol. The van der Waals surface area contributed by atoms with E-state index in [1.807, 2.05) is 0 Å². The van der Waals surface area contributed by atoms with Gasteiger partial charge in [0.1, 0.15) is 0 Å². The summed E-state index contributed by atoms with van der Waals surface area (Å²) in [6.07, 6.45) is 7.78. The summed E-state index contributed by atoms with van der Waals surface area (Å²) in [5.74, 6) is 2.62. The van der Waals surface area contributed by atoms with Crippen LogP contribution in [0.5, 0.6) is 0 Å². The maximum atomic E-state index is 11.2. The lowest BCUT2D eigenvalue weighted by Gasteiger charge is -2.31. The van der Waals surface area contributed by atoms with E-state index in [2.05, 4.69) is 5.92 Å². The summed E-state index contributed by atoms with van der Waals surface area (Å²) < 4.78 is 5.56. The average molecular weight is 179 g/mol. The van der Waals surface area contributed by atoms with Crippen LogP contribution in [0.2, 0.25) is 0 Å². The zero-order chi connectivity index (χ0) is 9.26. The lowest BCUT2D eigenvalue weighted by molar-refractivity contribution is -0.133. The number of morpholine rings is 1. The summed E-state index contributed by atoms with van der Waals surface area (Å²) in [6, 6.07) is 0. The molecule has 0 radical (unpaired) electrons. The van der Waals surface area contributed by atoms with Crippen molar-refractivity contribution in [2.75, 3.05) is 19.7 Å². The third kappa shape index (κ3) is 1.84.